The molecule has 2 bridgehead atoms. The summed E-state index contributed by atoms with van der Waals surface area (Å²) < 4.78 is 12.0. The average molecular weight is 380 g/mol. The number of benzene rings is 2. The van der Waals surface area contributed by atoms with Crippen molar-refractivity contribution in [1.29, 1.82) is 0 Å². The number of para-hydroxylation sites is 1. The molecular formula is C23H29N3O2. The Morgan fingerprint density at radius 2 is 1.93 bits per heavy atom. The fourth-order valence-corrected chi connectivity index (χ4v) is 4.05. The Hall–Kier alpha value is -2.53. The van der Waals surface area contributed by atoms with Crippen molar-refractivity contribution in [3.05, 3.63) is 54.6 Å². The number of ether oxygens (including phenoxy) is 2. The fourth-order valence-electron chi connectivity index (χ4n) is 4.05. The highest BCUT2D eigenvalue weighted by atomic mass is 16.5. The van der Waals surface area contributed by atoms with Gasteiger partial charge in [0.15, 0.2) is 5.96 Å². The van der Waals surface area contributed by atoms with Gasteiger partial charge in [-0.05, 0) is 37.8 Å². The van der Waals surface area contributed by atoms with E-state index >= 15 is 0 Å². The maximum absolute atomic E-state index is 6.05. The lowest BCUT2D eigenvalue weighted by Gasteiger charge is -2.22. The van der Waals surface area contributed by atoms with E-state index in [0.717, 1.165) is 42.2 Å². The van der Waals surface area contributed by atoms with Gasteiger partial charge in [0.25, 0.3) is 0 Å². The number of guanidine groups is 1. The van der Waals surface area contributed by atoms with E-state index in [0.29, 0.717) is 31.4 Å². The minimum absolute atomic E-state index is 0.336. The predicted octanol–water partition coefficient (Wildman–Crippen LogP) is 3.61. The first-order valence-electron chi connectivity index (χ1n) is 10.3. The Kier molecular flexibility index (Phi) is 6.12. The van der Waals surface area contributed by atoms with Gasteiger partial charge in [-0.2, -0.15) is 0 Å². The number of aliphatic imine (C=N–C) groups is 1. The molecule has 0 saturated carbocycles. The van der Waals surface area contributed by atoms with Gasteiger partial charge in [-0.3, -0.25) is 0 Å². The Labute approximate surface area is 167 Å². The number of hydrogen-bond acceptors (Lipinski definition) is 3. The first-order chi connectivity index (χ1) is 13.8. The van der Waals surface area contributed by atoms with Gasteiger partial charge in [0.05, 0.1) is 24.8 Å². The molecule has 2 aromatic rings. The minimum Gasteiger partial charge on any atom is -0.491 e. The van der Waals surface area contributed by atoms with E-state index in [1.807, 2.05) is 36.4 Å². The van der Waals surface area contributed by atoms with Crippen molar-refractivity contribution in [1.82, 2.24) is 10.6 Å². The quantitative estimate of drug-likeness (QED) is 0.438. The molecule has 2 N–H and O–H groups in total. The third-order valence-corrected chi connectivity index (χ3v) is 5.36. The van der Waals surface area contributed by atoms with Crippen LogP contribution < -0.4 is 15.4 Å². The van der Waals surface area contributed by atoms with E-state index in [2.05, 4.69) is 35.8 Å². The Bertz CT molecular complexity index is 793. The Morgan fingerprint density at radius 1 is 1.11 bits per heavy atom. The van der Waals surface area contributed by atoms with Crippen LogP contribution in [0.15, 0.2) is 59.6 Å². The van der Waals surface area contributed by atoms with E-state index in [1.54, 1.807) is 0 Å². The van der Waals surface area contributed by atoms with Crippen LogP contribution >= 0.6 is 0 Å². The number of fused-ring (bicyclic) bond motifs is 2. The van der Waals surface area contributed by atoms with Crippen molar-refractivity contribution < 1.29 is 9.47 Å². The first kappa shape index (κ1) is 18.8. The van der Waals surface area contributed by atoms with Gasteiger partial charge in [0.1, 0.15) is 12.4 Å². The summed E-state index contributed by atoms with van der Waals surface area (Å²) >= 11 is 0. The minimum atomic E-state index is 0.336. The van der Waals surface area contributed by atoms with E-state index in [9.17, 15) is 0 Å². The molecule has 148 valence electrons. The molecule has 0 aliphatic carbocycles. The van der Waals surface area contributed by atoms with Crippen LogP contribution in [0.3, 0.4) is 0 Å². The summed E-state index contributed by atoms with van der Waals surface area (Å²) in [6.07, 6.45) is 4.20. The highest BCUT2D eigenvalue weighted by molar-refractivity contribution is 5.80. The molecule has 2 aliphatic heterocycles. The summed E-state index contributed by atoms with van der Waals surface area (Å²) in [6, 6.07) is 18.8. The summed E-state index contributed by atoms with van der Waals surface area (Å²) in [4.78, 5) is 4.69. The molecule has 0 radical (unpaired) electrons. The van der Waals surface area contributed by atoms with Crippen LogP contribution in [0.25, 0.3) is 11.1 Å². The first-order valence-corrected chi connectivity index (χ1v) is 10.3. The molecule has 4 rings (SSSR count). The van der Waals surface area contributed by atoms with Crippen molar-refractivity contribution in [2.24, 2.45) is 4.99 Å². The lowest BCUT2D eigenvalue weighted by molar-refractivity contribution is 0.0992. The molecule has 0 amide bonds. The van der Waals surface area contributed by atoms with Crippen LogP contribution in [0.5, 0.6) is 5.75 Å². The Balaban J connectivity index is 1.34. The SMILES string of the molecule is CCNC(=NCCOc1ccccc1-c1ccccc1)NC1CC2CCC1O2. The van der Waals surface area contributed by atoms with Crippen molar-refractivity contribution in [3.8, 4) is 16.9 Å². The molecule has 2 aliphatic rings. The normalized spacial score (nSPS) is 23.6. The van der Waals surface area contributed by atoms with Crippen molar-refractivity contribution in [3.63, 3.8) is 0 Å². The molecule has 0 spiro atoms. The van der Waals surface area contributed by atoms with Gasteiger partial charge in [0, 0.05) is 12.1 Å². The fraction of sp³-hybridized carbons (Fsp3) is 0.435. The third kappa shape index (κ3) is 4.47. The summed E-state index contributed by atoms with van der Waals surface area (Å²) in [5.74, 6) is 1.74. The number of nitrogens with one attached hydrogen (secondary N) is 2. The van der Waals surface area contributed by atoms with E-state index < -0.39 is 0 Å². The highest BCUT2D eigenvalue weighted by Crippen LogP contribution is 2.34. The second-order valence-electron chi connectivity index (χ2n) is 7.33. The monoisotopic (exact) mass is 379 g/mol. The average Bonchev–Trinajstić information content (AvgIpc) is 3.35. The molecule has 3 atom stereocenters. The van der Waals surface area contributed by atoms with Gasteiger partial charge < -0.3 is 20.1 Å². The van der Waals surface area contributed by atoms with Crippen LogP contribution in [0.2, 0.25) is 0 Å². The van der Waals surface area contributed by atoms with Gasteiger partial charge >= 0.3 is 0 Å². The smallest absolute Gasteiger partial charge is 0.191 e. The van der Waals surface area contributed by atoms with Crippen LogP contribution in [0.4, 0.5) is 0 Å². The van der Waals surface area contributed by atoms with Gasteiger partial charge in [-0.1, -0.05) is 48.5 Å². The number of rotatable bonds is 7. The maximum Gasteiger partial charge on any atom is 0.191 e. The van der Waals surface area contributed by atoms with Crippen LogP contribution in [-0.2, 0) is 4.74 Å². The van der Waals surface area contributed by atoms with Crippen LogP contribution in [0, 0.1) is 0 Å². The number of hydrogen-bond donors (Lipinski definition) is 2. The molecule has 2 heterocycles. The molecule has 2 saturated heterocycles. The second-order valence-corrected chi connectivity index (χ2v) is 7.33. The molecule has 5 nitrogen and oxygen atoms in total. The maximum atomic E-state index is 6.05. The van der Waals surface area contributed by atoms with E-state index in [1.165, 1.54) is 6.42 Å². The van der Waals surface area contributed by atoms with Crippen LogP contribution in [-0.4, -0.2) is 43.9 Å². The largest absolute Gasteiger partial charge is 0.491 e. The predicted molar refractivity (Wildman–Crippen MR) is 113 cm³/mol. The van der Waals surface area contributed by atoms with Gasteiger partial charge in [-0.25, -0.2) is 4.99 Å². The lowest BCUT2D eigenvalue weighted by Crippen LogP contribution is -2.47. The molecular weight excluding hydrogens is 350 g/mol. The summed E-state index contributed by atoms with van der Waals surface area (Å²) in [7, 11) is 0. The lowest BCUT2D eigenvalue weighted by atomic mass is 9.96. The van der Waals surface area contributed by atoms with Gasteiger partial charge in [-0.15, -0.1) is 0 Å². The van der Waals surface area contributed by atoms with E-state index in [-0.39, 0.29) is 0 Å². The Morgan fingerprint density at radius 3 is 2.68 bits per heavy atom. The van der Waals surface area contributed by atoms with Crippen LogP contribution in [0.1, 0.15) is 26.2 Å². The standard InChI is InChI=1S/C23H29N3O2/c1-2-24-23(26-20-16-18-12-13-22(20)28-18)25-14-15-27-21-11-7-6-10-19(21)17-8-4-3-5-9-17/h3-11,18,20,22H,2,12-16H2,1H3,(H2,24,25,26). The number of nitrogens with zero attached hydrogens (tertiary/aromatic N) is 1. The summed E-state index contributed by atoms with van der Waals surface area (Å²) in [5.41, 5.74) is 2.27. The highest BCUT2D eigenvalue weighted by Gasteiger charge is 2.41. The van der Waals surface area contributed by atoms with Crippen molar-refractivity contribution >= 4 is 5.96 Å². The zero-order valence-electron chi connectivity index (χ0n) is 16.4. The van der Waals surface area contributed by atoms with Gasteiger partial charge in [0.2, 0.25) is 0 Å². The molecule has 0 aromatic heterocycles. The second kappa shape index (κ2) is 9.11. The van der Waals surface area contributed by atoms with E-state index in [4.69, 9.17) is 14.5 Å². The summed E-state index contributed by atoms with van der Waals surface area (Å²) in [5, 5.41) is 6.88. The molecule has 3 unspecified atom stereocenters. The molecule has 2 fully saturated rings. The zero-order chi connectivity index (χ0) is 19.2. The molecule has 5 heteroatoms. The molecule has 28 heavy (non-hydrogen) atoms. The van der Waals surface area contributed by atoms with Crippen molar-refractivity contribution in [2.75, 3.05) is 19.7 Å². The van der Waals surface area contributed by atoms with Crippen molar-refractivity contribution in [2.45, 2.75) is 44.4 Å². The topological polar surface area (TPSA) is 54.9 Å². The molecule has 2 aromatic carbocycles. The zero-order valence-corrected chi connectivity index (χ0v) is 16.4. The third-order valence-electron chi connectivity index (χ3n) is 5.36. The summed E-state index contributed by atoms with van der Waals surface area (Å²) in [6.45, 7) is 4.06.